The standard InChI is InChI=1S/C11H10O2/c12-11-8-10(6-7-13-11)9-4-2-1-3-5-9/h1-7,10H,8H2. The van der Waals surface area contributed by atoms with Crippen LogP contribution in [0.2, 0.25) is 0 Å². The van der Waals surface area contributed by atoms with E-state index in [1.54, 1.807) is 0 Å². The molecule has 0 bridgehead atoms. The third-order valence-electron chi connectivity index (χ3n) is 2.12. The summed E-state index contributed by atoms with van der Waals surface area (Å²) in [5.41, 5.74) is 1.16. The minimum atomic E-state index is -0.156. The molecule has 66 valence electrons. The van der Waals surface area contributed by atoms with Gasteiger partial charge in [0, 0.05) is 5.92 Å². The molecule has 1 heterocycles. The van der Waals surface area contributed by atoms with E-state index < -0.39 is 0 Å². The summed E-state index contributed by atoms with van der Waals surface area (Å²) in [6.07, 6.45) is 3.83. The Morgan fingerprint density at radius 3 is 2.69 bits per heavy atom. The molecule has 13 heavy (non-hydrogen) atoms. The van der Waals surface area contributed by atoms with Crippen LogP contribution in [0.4, 0.5) is 0 Å². The van der Waals surface area contributed by atoms with Gasteiger partial charge in [0.15, 0.2) is 0 Å². The van der Waals surface area contributed by atoms with E-state index in [4.69, 9.17) is 4.74 Å². The fourth-order valence-corrected chi connectivity index (χ4v) is 1.43. The van der Waals surface area contributed by atoms with Crippen LogP contribution in [-0.4, -0.2) is 5.97 Å². The van der Waals surface area contributed by atoms with E-state index in [9.17, 15) is 4.79 Å². The topological polar surface area (TPSA) is 26.3 Å². The van der Waals surface area contributed by atoms with Crippen LogP contribution in [0.15, 0.2) is 42.7 Å². The second-order valence-electron chi connectivity index (χ2n) is 3.04. The Bertz CT molecular complexity index is 327. The van der Waals surface area contributed by atoms with E-state index >= 15 is 0 Å². The average molecular weight is 174 g/mol. The van der Waals surface area contributed by atoms with Crippen LogP contribution in [0.3, 0.4) is 0 Å². The number of hydrogen-bond donors (Lipinski definition) is 0. The lowest BCUT2D eigenvalue weighted by molar-refractivity contribution is -0.139. The molecule has 2 rings (SSSR count). The average Bonchev–Trinajstić information content (AvgIpc) is 2.19. The van der Waals surface area contributed by atoms with Crippen molar-refractivity contribution < 1.29 is 9.53 Å². The molecule has 1 unspecified atom stereocenters. The molecule has 1 aliphatic rings. The summed E-state index contributed by atoms with van der Waals surface area (Å²) in [6.45, 7) is 0. The molecule has 0 N–H and O–H groups in total. The fourth-order valence-electron chi connectivity index (χ4n) is 1.43. The van der Waals surface area contributed by atoms with Crippen molar-refractivity contribution in [1.82, 2.24) is 0 Å². The van der Waals surface area contributed by atoms with Crippen LogP contribution >= 0.6 is 0 Å². The SMILES string of the molecule is O=C1CC(c2ccccc2)C=CO1. The van der Waals surface area contributed by atoms with Gasteiger partial charge in [0.2, 0.25) is 0 Å². The Balaban J connectivity index is 2.22. The van der Waals surface area contributed by atoms with E-state index in [-0.39, 0.29) is 11.9 Å². The molecule has 1 aliphatic heterocycles. The predicted octanol–water partition coefficient (Wildman–Crippen LogP) is 2.23. The summed E-state index contributed by atoms with van der Waals surface area (Å²) in [7, 11) is 0. The van der Waals surface area contributed by atoms with Crippen LogP contribution in [0.25, 0.3) is 0 Å². The summed E-state index contributed by atoms with van der Waals surface area (Å²) in [5, 5.41) is 0. The lowest BCUT2D eigenvalue weighted by Gasteiger charge is -2.15. The first-order valence-electron chi connectivity index (χ1n) is 4.27. The number of carbonyl (C=O) groups is 1. The maximum Gasteiger partial charge on any atom is 0.311 e. The Kier molecular flexibility index (Phi) is 2.13. The van der Waals surface area contributed by atoms with Crippen LogP contribution in [0, 0.1) is 0 Å². The van der Waals surface area contributed by atoms with Gasteiger partial charge in [-0.2, -0.15) is 0 Å². The van der Waals surface area contributed by atoms with Crippen molar-refractivity contribution in [3.63, 3.8) is 0 Å². The molecule has 2 nitrogen and oxygen atoms in total. The molecule has 0 amide bonds. The highest BCUT2D eigenvalue weighted by atomic mass is 16.5. The summed E-state index contributed by atoms with van der Waals surface area (Å²) in [4.78, 5) is 11.0. The first kappa shape index (κ1) is 8.05. The largest absolute Gasteiger partial charge is 0.435 e. The molecular formula is C11H10O2. The van der Waals surface area contributed by atoms with Crippen molar-refractivity contribution in [2.75, 3.05) is 0 Å². The van der Waals surface area contributed by atoms with E-state index in [0.29, 0.717) is 6.42 Å². The third kappa shape index (κ3) is 1.78. The normalized spacial score (nSPS) is 21.2. The molecular weight excluding hydrogens is 164 g/mol. The molecule has 0 saturated carbocycles. The smallest absolute Gasteiger partial charge is 0.311 e. The van der Waals surface area contributed by atoms with Crippen molar-refractivity contribution in [2.24, 2.45) is 0 Å². The van der Waals surface area contributed by atoms with Crippen LogP contribution in [0.1, 0.15) is 17.9 Å². The Labute approximate surface area is 76.8 Å². The first-order valence-corrected chi connectivity index (χ1v) is 4.27. The second kappa shape index (κ2) is 3.44. The molecule has 0 spiro atoms. The van der Waals surface area contributed by atoms with Gasteiger partial charge in [0.05, 0.1) is 12.7 Å². The maximum absolute atomic E-state index is 11.0. The number of carbonyl (C=O) groups excluding carboxylic acids is 1. The third-order valence-corrected chi connectivity index (χ3v) is 2.12. The number of hydrogen-bond acceptors (Lipinski definition) is 2. The van der Waals surface area contributed by atoms with E-state index in [1.165, 1.54) is 6.26 Å². The van der Waals surface area contributed by atoms with Crippen molar-refractivity contribution >= 4 is 5.97 Å². The van der Waals surface area contributed by atoms with Crippen LogP contribution in [0.5, 0.6) is 0 Å². The highest BCUT2D eigenvalue weighted by Crippen LogP contribution is 2.24. The van der Waals surface area contributed by atoms with Gasteiger partial charge < -0.3 is 4.74 Å². The monoisotopic (exact) mass is 174 g/mol. The molecule has 0 radical (unpaired) electrons. The van der Waals surface area contributed by atoms with Gasteiger partial charge in [-0.15, -0.1) is 0 Å². The van der Waals surface area contributed by atoms with E-state index in [1.807, 2.05) is 36.4 Å². The zero-order valence-electron chi connectivity index (χ0n) is 7.14. The van der Waals surface area contributed by atoms with E-state index in [2.05, 4.69) is 0 Å². The number of benzene rings is 1. The van der Waals surface area contributed by atoms with Crippen molar-refractivity contribution in [2.45, 2.75) is 12.3 Å². The summed E-state index contributed by atoms with van der Waals surface area (Å²) in [6, 6.07) is 9.96. The quantitative estimate of drug-likeness (QED) is 0.610. The van der Waals surface area contributed by atoms with Gasteiger partial charge in [-0.3, -0.25) is 4.79 Å². The number of rotatable bonds is 1. The second-order valence-corrected chi connectivity index (χ2v) is 3.04. The summed E-state index contributed by atoms with van der Waals surface area (Å²) >= 11 is 0. The molecule has 1 aromatic carbocycles. The van der Waals surface area contributed by atoms with Gasteiger partial charge in [-0.1, -0.05) is 30.3 Å². The van der Waals surface area contributed by atoms with Crippen molar-refractivity contribution in [3.05, 3.63) is 48.2 Å². The Morgan fingerprint density at radius 1 is 1.23 bits per heavy atom. The van der Waals surface area contributed by atoms with Gasteiger partial charge in [-0.25, -0.2) is 0 Å². The fraction of sp³-hybridized carbons (Fsp3) is 0.182. The number of allylic oxidation sites excluding steroid dienone is 1. The van der Waals surface area contributed by atoms with Gasteiger partial charge in [0.1, 0.15) is 0 Å². The minimum absolute atomic E-state index is 0.156. The highest BCUT2D eigenvalue weighted by molar-refractivity contribution is 5.72. The van der Waals surface area contributed by atoms with Gasteiger partial charge in [0.25, 0.3) is 0 Å². The minimum Gasteiger partial charge on any atom is -0.435 e. The number of esters is 1. The first-order chi connectivity index (χ1) is 6.36. The Morgan fingerprint density at radius 2 is 2.00 bits per heavy atom. The Hall–Kier alpha value is -1.57. The molecule has 2 heteroatoms. The van der Waals surface area contributed by atoms with Gasteiger partial charge >= 0.3 is 5.97 Å². The molecule has 0 saturated heterocycles. The molecule has 1 atom stereocenters. The van der Waals surface area contributed by atoms with Crippen molar-refractivity contribution in [3.8, 4) is 0 Å². The summed E-state index contributed by atoms with van der Waals surface area (Å²) in [5.74, 6) is 0.0267. The zero-order chi connectivity index (χ0) is 9.10. The molecule has 0 fully saturated rings. The summed E-state index contributed by atoms with van der Waals surface area (Å²) < 4.78 is 4.71. The highest BCUT2D eigenvalue weighted by Gasteiger charge is 2.17. The number of ether oxygens (including phenoxy) is 1. The maximum atomic E-state index is 11.0. The molecule has 1 aromatic rings. The van der Waals surface area contributed by atoms with E-state index in [0.717, 1.165) is 5.56 Å². The molecule has 0 aliphatic carbocycles. The van der Waals surface area contributed by atoms with Crippen LogP contribution < -0.4 is 0 Å². The predicted molar refractivity (Wildman–Crippen MR) is 49.0 cm³/mol. The van der Waals surface area contributed by atoms with Crippen LogP contribution in [-0.2, 0) is 9.53 Å². The van der Waals surface area contributed by atoms with Gasteiger partial charge in [-0.05, 0) is 11.6 Å². The number of cyclic esters (lactones) is 1. The zero-order valence-corrected chi connectivity index (χ0v) is 7.14. The molecule has 0 aromatic heterocycles. The van der Waals surface area contributed by atoms with Crippen molar-refractivity contribution in [1.29, 1.82) is 0 Å². The lowest BCUT2D eigenvalue weighted by Crippen LogP contribution is -2.10. The lowest BCUT2D eigenvalue weighted by atomic mass is 9.95.